The molecule has 6 heteroatoms. The fraction of sp³-hybridized carbons (Fsp3) is 0.158. The summed E-state index contributed by atoms with van der Waals surface area (Å²) in [5.74, 6) is -0.232. The first-order valence-electron chi connectivity index (χ1n) is 7.98. The zero-order valence-corrected chi connectivity index (χ0v) is 13.7. The van der Waals surface area contributed by atoms with Crippen molar-refractivity contribution in [3.63, 3.8) is 0 Å². The summed E-state index contributed by atoms with van der Waals surface area (Å²) in [6.45, 7) is 2.56. The number of amides is 2. The minimum Gasteiger partial charge on any atom is -0.508 e. The summed E-state index contributed by atoms with van der Waals surface area (Å²) in [4.78, 5) is 24.8. The number of phenols is 1. The van der Waals surface area contributed by atoms with Crippen LogP contribution in [-0.4, -0.2) is 23.5 Å². The predicted molar refractivity (Wildman–Crippen MR) is 93.9 cm³/mol. The molecule has 1 fully saturated rings. The molecule has 1 aliphatic heterocycles. The molecule has 2 N–H and O–H groups in total. The lowest BCUT2D eigenvalue weighted by Crippen LogP contribution is -2.35. The Labute approximate surface area is 145 Å². The SMILES string of the molecule is CCCOc1ccccc1/C=C1/C(=O)NN(c2ccc(O)cc2)C1=O. The van der Waals surface area contributed by atoms with Gasteiger partial charge in [0.05, 0.1) is 12.3 Å². The molecule has 25 heavy (non-hydrogen) atoms. The summed E-state index contributed by atoms with van der Waals surface area (Å²) >= 11 is 0. The summed E-state index contributed by atoms with van der Waals surface area (Å²) in [5, 5.41) is 10.5. The molecular weight excluding hydrogens is 320 g/mol. The quantitative estimate of drug-likeness (QED) is 0.649. The van der Waals surface area contributed by atoms with Gasteiger partial charge in [0.15, 0.2) is 0 Å². The summed E-state index contributed by atoms with van der Waals surface area (Å²) in [5.41, 5.74) is 3.69. The third-order valence-corrected chi connectivity index (χ3v) is 3.68. The number of ether oxygens (including phenoxy) is 1. The molecule has 0 bridgehead atoms. The third-order valence-electron chi connectivity index (χ3n) is 3.68. The number of hydrazine groups is 1. The summed E-state index contributed by atoms with van der Waals surface area (Å²) in [6, 6.07) is 13.3. The molecule has 0 aromatic heterocycles. The van der Waals surface area contributed by atoms with Gasteiger partial charge in [-0.2, -0.15) is 0 Å². The van der Waals surface area contributed by atoms with Gasteiger partial charge in [-0.1, -0.05) is 25.1 Å². The molecule has 3 rings (SSSR count). The highest BCUT2D eigenvalue weighted by Gasteiger charge is 2.34. The van der Waals surface area contributed by atoms with E-state index in [0.29, 0.717) is 23.6 Å². The van der Waals surface area contributed by atoms with E-state index in [2.05, 4.69) is 5.43 Å². The van der Waals surface area contributed by atoms with Gasteiger partial charge < -0.3 is 9.84 Å². The van der Waals surface area contributed by atoms with Crippen molar-refractivity contribution in [2.75, 3.05) is 11.6 Å². The van der Waals surface area contributed by atoms with Crippen LogP contribution < -0.4 is 15.2 Å². The summed E-state index contributed by atoms with van der Waals surface area (Å²) in [6.07, 6.45) is 2.39. The van der Waals surface area contributed by atoms with Crippen LogP contribution in [0.5, 0.6) is 11.5 Å². The molecule has 1 aliphatic rings. The Kier molecular flexibility index (Phi) is 4.70. The minimum atomic E-state index is -0.483. The highest BCUT2D eigenvalue weighted by Crippen LogP contribution is 2.26. The third kappa shape index (κ3) is 3.47. The van der Waals surface area contributed by atoms with Crippen molar-refractivity contribution in [1.82, 2.24) is 5.43 Å². The Morgan fingerprint density at radius 1 is 1.12 bits per heavy atom. The van der Waals surface area contributed by atoms with Gasteiger partial charge in [0.1, 0.15) is 17.1 Å². The van der Waals surface area contributed by atoms with Gasteiger partial charge in [0.25, 0.3) is 11.8 Å². The fourth-order valence-corrected chi connectivity index (χ4v) is 2.44. The van der Waals surface area contributed by atoms with Crippen LogP contribution in [0.3, 0.4) is 0 Å². The van der Waals surface area contributed by atoms with Crippen molar-refractivity contribution < 1.29 is 19.4 Å². The van der Waals surface area contributed by atoms with Crippen molar-refractivity contribution in [3.05, 3.63) is 59.7 Å². The van der Waals surface area contributed by atoms with Gasteiger partial charge >= 0.3 is 0 Å². The molecule has 1 saturated heterocycles. The first kappa shape index (κ1) is 16.6. The number of para-hydroxylation sites is 1. The number of phenolic OH excluding ortho intramolecular Hbond substituents is 1. The Bertz CT molecular complexity index is 828. The average Bonchev–Trinajstić information content (AvgIpc) is 2.90. The number of anilines is 1. The second-order valence-corrected chi connectivity index (χ2v) is 5.54. The first-order chi connectivity index (χ1) is 12.1. The number of carbonyl (C=O) groups is 2. The van der Waals surface area contributed by atoms with E-state index < -0.39 is 11.8 Å². The van der Waals surface area contributed by atoms with Crippen molar-refractivity contribution in [2.45, 2.75) is 13.3 Å². The minimum absolute atomic E-state index is 0.0284. The number of nitrogens with zero attached hydrogens (tertiary/aromatic N) is 1. The molecule has 2 aromatic carbocycles. The summed E-state index contributed by atoms with van der Waals surface area (Å²) < 4.78 is 5.66. The van der Waals surface area contributed by atoms with E-state index in [4.69, 9.17) is 4.74 Å². The van der Waals surface area contributed by atoms with Crippen LogP contribution in [-0.2, 0) is 9.59 Å². The van der Waals surface area contributed by atoms with Crippen molar-refractivity contribution in [2.24, 2.45) is 0 Å². The van der Waals surface area contributed by atoms with Crippen LogP contribution in [0, 0.1) is 0 Å². The van der Waals surface area contributed by atoms with Crippen molar-refractivity contribution >= 4 is 23.6 Å². The van der Waals surface area contributed by atoms with E-state index in [0.717, 1.165) is 11.4 Å². The number of rotatable bonds is 5. The molecule has 2 aromatic rings. The van der Waals surface area contributed by atoms with E-state index in [1.807, 2.05) is 19.1 Å². The van der Waals surface area contributed by atoms with Gasteiger partial charge in [-0.15, -0.1) is 0 Å². The number of carbonyl (C=O) groups excluding carboxylic acids is 2. The molecular formula is C19H18N2O4. The smallest absolute Gasteiger partial charge is 0.282 e. The lowest BCUT2D eigenvalue weighted by molar-refractivity contribution is -0.117. The van der Waals surface area contributed by atoms with E-state index in [-0.39, 0.29) is 11.3 Å². The zero-order valence-electron chi connectivity index (χ0n) is 13.7. The fourth-order valence-electron chi connectivity index (χ4n) is 2.44. The number of nitrogens with one attached hydrogen (secondary N) is 1. The molecule has 1 heterocycles. The molecule has 128 valence electrons. The second kappa shape index (κ2) is 7.09. The van der Waals surface area contributed by atoms with E-state index in [1.165, 1.54) is 18.2 Å². The zero-order chi connectivity index (χ0) is 17.8. The molecule has 0 spiro atoms. The highest BCUT2D eigenvalue weighted by atomic mass is 16.5. The molecule has 0 atom stereocenters. The Hall–Kier alpha value is -3.28. The van der Waals surface area contributed by atoms with Crippen LogP contribution >= 0.6 is 0 Å². The maximum Gasteiger partial charge on any atom is 0.282 e. The molecule has 0 aliphatic carbocycles. The van der Waals surface area contributed by atoms with E-state index in [1.54, 1.807) is 24.3 Å². The van der Waals surface area contributed by atoms with Gasteiger partial charge in [-0.05, 0) is 42.8 Å². The summed E-state index contributed by atoms with van der Waals surface area (Å²) in [7, 11) is 0. The molecule has 0 saturated carbocycles. The molecule has 0 unspecified atom stereocenters. The van der Waals surface area contributed by atoms with Crippen LogP contribution in [0.25, 0.3) is 6.08 Å². The number of hydrogen-bond acceptors (Lipinski definition) is 4. The van der Waals surface area contributed by atoms with E-state index in [9.17, 15) is 14.7 Å². The topological polar surface area (TPSA) is 78.9 Å². The highest BCUT2D eigenvalue weighted by molar-refractivity contribution is 6.31. The number of hydrogen-bond donors (Lipinski definition) is 2. The van der Waals surface area contributed by atoms with Gasteiger partial charge in [0, 0.05) is 5.56 Å². The first-order valence-corrected chi connectivity index (χ1v) is 7.98. The monoisotopic (exact) mass is 338 g/mol. The number of aromatic hydroxyl groups is 1. The van der Waals surface area contributed by atoms with Crippen LogP contribution in [0.4, 0.5) is 5.69 Å². The van der Waals surface area contributed by atoms with Crippen LogP contribution in [0.15, 0.2) is 54.1 Å². The van der Waals surface area contributed by atoms with E-state index >= 15 is 0 Å². The normalized spacial score (nSPS) is 15.6. The molecule has 0 radical (unpaired) electrons. The lowest BCUT2D eigenvalue weighted by atomic mass is 10.1. The maximum absolute atomic E-state index is 12.6. The Balaban J connectivity index is 1.90. The van der Waals surface area contributed by atoms with Gasteiger partial charge in [-0.25, -0.2) is 5.01 Å². The Morgan fingerprint density at radius 2 is 1.84 bits per heavy atom. The average molecular weight is 338 g/mol. The molecule has 2 amide bonds. The largest absolute Gasteiger partial charge is 0.508 e. The van der Waals surface area contributed by atoms with Gasteiger partial charge in [-0.3, -0.25) is 15.0 Å². The molecule has 6 nitrogen and oxygen atoms in total. The van der Waals surface area contributed by atoms with Crippen molar-refractivity contribution in [3.8, 4) is 11.5 Å². The Morgan fingerprint density at radius 3 is 2.56 bits per heavy atom. The predicted octanol–water partition coefficient (Wildman–Crippen LogP) is 2.64. The standard InChI is InChI=1S/C19H18N2O4/c1-2-11-25-17-6-4-3-5-13(17)12-16-18(23)20-21(19(16)24)14-7-9-15(22)10-8-14/h3-10,12,22H,2,11H2,1H3,(H,20,23)/b16-12-. The van der Waals surface area contributed by atoms with Crippen LogP contribution in [0.1, 0.15) is 18.9 Å². The maximum atomic E-state index is 12.6. The van der Waals surface area contributed by atoms with Crippen LogP contribution in [0.2, 0.25) is 0 Å². The second-order valence-electron chi connectivity index (χ2n) is 5.54. The van der Waals surface area contributed by atoms with Gasteiger partial charge in [0.2, 0.25) is 0 Å². The van der Waals surface area contributed by atoms with Crippen molar-refractivity contribution in [1.29, 1.82) is 0 Å². The number of benzene rings is 2. The lowest BCUT2D eigenvalue weighted by Gasteiger charge is -2.14.